The van der Waals surface area contributed by atoms with Gasteiger partial charge in [-0.1, -0.05) is 29.4 Å². The first-order valence-corrected chi connectivity index (χ1v) is 11.7. The van der Waals surface area contributed by atoms with Crippen molar-refractivity contribution in [1.29, 1.82) is 0 Å². The number of halogens is 3. The molecule has 1 N–H and O–H groups in total. The van der Waals surface area contributed by atoms with Gasteiger partial charge in [-0.15, -0.1) is 11.3 Å². The van der Waals surface area contributed by atoms with Crippen molar-refractivity contribution in [2.75, 3.05) is 5.75 Å². The Hall–Kier alpha value is -2.75. The van der Waals surface area contributed by atoms with Crippen LogP contribution in [0.25, 0.3) is 15.9 Å². The highest BCUT2D eigenvalue weighted by atomic mass is 35.5. The lowest BCUT2D eigenvalue weighted by Crippen LogP contribution is -2.26. The topological polar surface area (TPSA) is 64.0 Å². The van der Waals surface area contributed by atoms with Gasteiger partial charge in [0.15, 0.2) is 5.16 Å². The summed E-state index contributed by atoms with van der Waals surface area (Å²) in [5.41, 5.74) is 1.92. The third-order valence-electron chi connectivity index (χ3n) is 4.67. The number of benzene rings is 2. The quantitative estimate of drug-likeness (QED) is 0.301. The third-order valence-corrected chi connectivity index (χ3v) is 6.85. The first-order chi connectivity index (χ1) is 15.3. The summed E-state index contributed by atoms with van der Waals surface area (Å²) >= 11 is 8.36. The molecule has 2 aromatic carbocycles. The van der Waals surface area contributed by atoms with Crippen LogP contribution in [0.2, 0.25) is 5.02 Å². The zero-order valence-electron chi connectivity index (χ0n) is 16.7. The smallest absolute Gasteiger partial charge is 0.276 e. The van der Waals surface area contributed by atoms with E-state index in [0.717, 1.165) is 11.8 Å². The molecule has 164 valence electrons. The highest BCUT2D eigenvalue weighted by Crippen LogP contribution is 2.25. The molecule has 0 saturated carbocycles. The molecule has 32 heavy (non-hydrogen) atoms. The Bertz CT molecular complexity index is 1390. The van der Waals surface area contributed by atoms with Crippen molar-refractivity contribution in [3.8, 4) is 5.69 Å². The lowest BCUT2D eigenvalue weighted by atomic mass is 10.2. The van der Waals surface area contributed by atoms with E-state index in [1.165, 1.54) is 52.3 Å². The maximum Gasteiger partial charge on any atom is 0.276 e. The number of amides is 1. The number of hydrogen-bond acceptors (Lipinski definition) is 5. The summed E-state index contributed by atoms with van der Waals surface area (Å²) in [5.74, 6) is -1.18. The van der Waals surface area contributed by atoms with E-state index in [9.17, 15) is 18.4 Å². The first kappa shape index (κ1) is 22.4. The zero-order chi connectivity index (χ0) is 22.8. The molecule has 0 aliphatic heterocycles. The Morgan fingerprint density at radius 2 is 1.94 bits per heavy atom. The van der Waals surface area contributed by atoms with Gasteiger partial charge in [-0.3, -0.25) is 14.2 Å². The first-order valence-electron chi connectivity index (χ1n) is 9.43. The minimum atomic E-state index is -0.454. The summed E-state index contributed by atoms with van der Waals surface area (Å²) < 4.78 is 28.7. The molecule has 0 saturated heterocycles. The van der Waals surface area contributed by atoms with E-state index < -0.39 is 11.6 Å². The van der Waals surface area contributed by atoms with Crippen LogP contribution >= 0.6 is 34.7 Å². The molecule has 4 rings (SSSR count). The number of hydrogen-bond donors (Lipinski definition) is 1. The van der Waals surface area contributed by atoms with Gasteiger partial charge in [0.25, 0.3) is 5.56 Å². The van der Waals surface area contributed by atoms with Crippen LogP contribution in [-0.2, 0) is 11.3 Å². The number of carbonyl (C=O) groups excluding carboxylic acids is 1. The Labute approximate surface area is 195 Å². The van der Waals surface area contributed by atoms with Crippen LogP contribution in [0.15, 0.2) is 57.8 Å². The van der Waals surface area contributed by atoms with Crippen molar-refractivity contribution in [3.63, 3.8) is 0 Å². The van der Waals surface area contributed by atoms with Crippen LogP contribution in [0.4, 0.5) is 8.78 Å². The van der Waals surface area contributed by atoms with E-state index in [0.29, 0.717) is 32.2 Å². The molecule has 0 aliphatic rings. The second-order valence-corrected chi connectivity index (χ2v) is 9.17. The van der Waals surface area contributed by atoms with Gasteiger partial charge < -0.3 is 5.32 Å². The highest BCUT2D eigenvalue weighted by molar-refractivity contribution is 7.99. The van der Waals surface area contributed by atoms with Gasteiger partial charge >= 0.3 is 0 Å². The second kappa shape index (κ2) is 9.40. The Kier molecular flexibility index (Phi) is 6.59. The Balaban J connectivity index is 1.58. The van der Waals surface area contributed by atoms with Crippen molar-refractivity contribution in [3.05, 3.63) is 86.0 Å². The van der Waals surface area contributed by atoms with Crippen molar-refractivity contribution in [2.45, 2.75) is 18.6 Å². The van der Waals surface area contributed by atoms with Crippen LogP contribution in [0, 0.1) is 18.6 Å². The van der Waals surface area contributed by atoms with Crippen LogP contribution in [0.5, 0.6) is 0 Å². The average Bonchev–Trinajstić information content (AvgIpc) is 3.21. The molecule has 0 fully saturated rings. The van der Waals surface area contributed by atoms with Crippen molar-refractivity contribution in [2.24, 2.45) is 0 Å². The van der Waals surface area contributed by atoms with Gasteiger partial charge in [0.05, 0.1) is 17.0 Å². The molecule has 10 heteroatoms. The number of nitrogens with zero attached hydrogens (tertiary/aromatic N) is 2. The van der Waals surface area contributed by atoms with Gasteiger partial charge in [0.1, 0.15) is 16.3 Å². The fourth-order valence-corrected chi connectivity index (χ4v) is 4.94. The summed E-state index contributed by atoms with van der Waals surface area (Å²) in [6.45, 7) is 1.84. The molecule has 0 atom stereocenters. The summed E-state index contributed by atoms with van der Waals surface area (Å²) in [6, 6.07) is 9.84. The van der Waals surface area contributed by atoms with E-state index in [2.05, 4.69) is 10.3 Å². The number of thiophene rings is 1. The van der Waals surface area contributed by atoms with Gasteiger partial charge in [-0.25, -0.2) is 13.8 Å². The van der Waals surface area contributed by atoms with Gasteiger partial charge in [-0.05, 0) is 59.8 Å². The van der Waals surface area contributed by atoms with Gasteiger partial charge in [0.2, 0.25) is 5.91 Å². The molecule has 2 aromatic heterocycles. The predicted molar refractivity (Wildman–Crippen MR) is 124 cm³/mol. The largest absolute Gasteiger partial charge is 0.351 e. The van der Waals surface area contributed by atoms with E-state index in [4.69, 9.17) is 11.6 Å². The molecule has 5 nitrogen and oxygen atoms in total. The maximum atomic E-state index is 13.6. The third kappa shape index (κ3) is 4.69. The lowest BCUT2D eigenvalue weighted by Gasteiger charge is -2.14. The van der Waals surface area contributed by atoms with Crippen molar-refractivity contribution in [1.82, 2.24) is 14.9 Å². The standard InChI is InChI=1S/C22H16ClF2N3O2S2/c1-12-8-14(24)4-5-18(12)28-21(30)20-17(6-7-31-20)27-22(28)32-11-19(29)26-10-13-2-3-15(25)9-16(13)23/h2-9H,10-11H2,1H3,(H,26,29). The molecule has 4 aromatic rings. The van der Waals surface area contributed by atoms with E-state index >= 15 is 0 Å². The zero-order valence-corrected chi connectivity index (χ0v) is 19.1. The van der Waals surface area contributed by atoms with Crippen LogP contribution < -0.4 is 10.9 Å². The molecule has 2 heterocycles. The van der Waals surface area contributed by atoms with Crippen molar-refractivity contribution >= 4 is 50.8 Å². The van der Waals surface area contributed by atoms with Gasteiger partial charge in [-0.2, -0.15) is 0 Å². The molecule has 0 aliphatic carbocycles. The number of aryl methyl sites for hydroxylation is 1. The monoisotopic (exact) mass is 491 g/mol. The normalized spacial score (nSPS) is 11.1. The number of thioether (sulfide) groups is 1. The highest BCUT2D eigenvalue weighted by Gasteiger charge is 2.17. The number of nitrogens with one attached hydrogen (secondary N) is 1. The van der Waals surface area contributed by atoms with Gasteiger partial charge in [0, 0.05) is 11.6 Å². The van der Waals surface area contributed by atoms with E-state index in [1.54, 1.807) is 18.4 Å². The number of rotatable bonds is 6. The minimum Gasteiger partial charge on any atom is -0.351 e. The van der Waals surface area contributed by atoms with Crippen LogP contribution in [0.1, 0.15) is 11.1 Å². The summed E-state index contributed by atoms with van der Waals surface area (Å²) in [6.07, 6.45) is 0. The number of fused-ring (bicyclic) bond motifs is 1. The predicted octanol–water partition coefficient (Wildman–Crippen LogP) is 5.10. The fourth-order valence-electron chi connectivity index (χ4n) is 3.11. The Morgan fingerprint density at radius 1 is 1.19 bits per heavy atom. The molecule has 1 amide bonds. The summed E-state index contributed by atoms with van der Waals surface area (Å²) in [4.78, 5) is 30.1. The molecule has 0 bridgehead atoms. The lowest BCUT2D eigenvalue weighted by molar-refractivity contribution is -0.118. The molecular formula is C22H16ClF2N3O2S2. The fraction of sp³-hybridized carbons (Fsp3) is 0.136. The minimum absolute atomic E-state index is 0.0128. The van der Waals surface area contributed by atoms with Crippen LogP contribution in [0.3, 0.4) is 0 Å². The SMILES string of the molecule is Cc1cc(F)ccc1-n1c(SCC(=O)NCc2ccc(F)cc2Cl)nc2ccsc2c1=O. The number of carbonyl (C=O) groups is 1. The summed E-state index contributed by atoms with van der Waals surface area (Å²) in [7, 11) is 0. The molecule has 0 spiro atoms. The van der Waals surface area contributed by atoms with E-state index in [-0.39, 0.29) is 28.8 Å². The second-order valence-electron chi connectivity index (χ2n) is 6.90. The van der Waals surface area contributed by atoms with Crippen molar-refractivity contribution < 1.29 is 13.6 Å². The maximum absolute atomic E-state index is 13.6. The van der Waals surface area contributed by atoms with E-state index in [1.807, 2.05) is 0 Å². The molecule has 0 radical (unpaired) electrons. The van der Waals surface area contributed by atoms with Crippen LogP contribution in [-0.4, -0.2) is 21.2 Å². The molecule has 0 unspecified atom stereocenters. The Morgan fingerprint density at radius 3 is 2.69 bits per heavy atom. The molecular weight excluding hydrogens is 476 g/mol. The number of aromatic nitrogens is 2. The average molecular weight is 492 g/mol. The summed E-state index contributed by atoms with van der Waals surface area (Å²) in [5, 5.41) is 5.05.